The molecule has 30 heavy (non-hydrogen) atoms. The number of hydrogen-bond donors (Lipinski definition) is 1. The van der Waals surface area contributed by atoms with E-state index in [0.29, 0.717) is 25.9 Å². The second-order valence-electron chi connectivity index (χ2n) is 8.86. The summed E-state index contributed by atoms with van der Waals surface area (Å²) in [6.07, 6.45) is 6.25. The Morgan fingerprint density at radius 1 is 0.967 bits per heavy atom. The molecule has 1 aliphatic carbocycles. The van der Waals surface area contributed by atoms with E-state index in [1.807, 2.05) is 23.1 Å². The minimum absolute atomic E-state index is 0.0150. The average molecular weight is 407 g/mol. The van der Waals surface area contributed by atoms with Gasteiger partial charge >= 0.3 is 0 Å². The lowest BCUT2D eigenvalue weighted by molar-refractivity contribution is -0.137. The fraction of sp³-hybridized carbons (Fsp3) is 0.542. The van der Waals surface area contributed by atoms with Crippen LogP contribution in [0.5, 0.6) is 0 Å². The smallest absolute Gasteiger partial charge is 0.227 e. The van der Waals surface area contributed by atoms with E-state index < -0.39 is 0 Å². The molecule has 0 saturated carbocycles. The number of fused-ring (bicyclic) bond motifs is 1. The highest BCUT2D eigenvalue weighted by Crippen LogP contribution is 2.34. The zero-order valence-corrected chi connectivity index (χ0v) is 17.5. The van der Waals surface area contributed by atoms with Gasteiger partial charge in [-0.3, -0.25) is 4.79 Å². The maximum Gasteiger partial charge on any atom is 0.227 e. The van der Waals surface area contributed by atoms with Gasteiger partial charge in [0.1, 0.15) is 5.82 Å². The fourth-order valence-corrected chi connectivity index (χ4v) is 5.11. The summed E-state index contributed by atoms with van der Waals surface area (Å²) in [5.41, 5.74) is 3.51. The Hall–Kier alpha value is -2.47. The molecule has 5 rings (SSSR count). The quantitative estimate of drug-likeness (QED) is 0.849. The summed E-state index contributed by atoms with van der Waals surface area (Å²) in [5, 5.41) is 9.76. The molecule has 2 aliphatic heterocycles. The van der Waals surface area contributed by atoms with E-state index in [0.717, 1.165) is 62.4 Å². The van der Waals surface area contributed by atoms with Crippen molar-refractivity contribution in [3.05, 3.63) is 41.6 Å². The predicted molar refractivity (Wildman–Crippen MR) is 116 cm³/mol. The Kier molecular flexibility index (Phi) is 5.42. The minimum Gasteiger partial charge on any atom is -0.393 e. The van der Waals surface area contributed by atoms with Gasteiger partial charge in [0, 0.05) is 43.0 Å². The second-order valence-corrected chi connectivity index (χ2v) is 8.86. The summed E-state index contributed by atoms with van der Waals surface area (Å²) in [4.78, 5) is 27.3. The van der Waals surface area contributed by atoms with Crippen LogP contribution in [0.3, 0.4) is 0 Å². The molecule has 1 aromatic heterocycles. The first-order chi connectivity index (χ1) is 14.7. The third-order valence-corrected chi connectivity index (χ3v) is 6.79. The molecule has 1 N–H and O–H groups in total. The summed E-state index contributed by atoms with van der Waals surface area (Å²) in [6.45, 7) is 3.03. The van der Waals surface area contributed by atoms with Crippen molar-refractivity contribution in [2.24, 2.45) is 5.92 Å². The van der Waals surface area contributed by atoms with Crippen molar-refractivity contribution >= 4 is 11.7 Å². The van der Waals surface area contributed by atoms with Crippen molar-refractivity contribution in [3.8, 4) is 11.4 Å². The van der Waals surface area contributed by atoms with E-state index in [1.54, 1.807) is 0 Å². The summed E-state index contributed by atoms with van der Waals surface area (Å²) < 4.78 is 0. The maximum atomic E-state index is 13.1. The Labute approximate surface area is 177 Å². The molecule has 0 bridgehead atoms. The molecule has 6 nitrogen and oxygen atoms in total. The number of rotatable bonds is 3. The first-order valence-electron chi connectivity index (χ1n) is 11.4. The largest absolute Gasteiger partial charge is 0.393 e. The van der Waals surface area contributed by atoms with E-state index >= 15 is 0 Å². The average Bonchev–Trinajstić information content (AvgIpc) is 3.28. The summed E-state index contributed by atoms with van der Waals surface area (Å²) in [5.74, 6) is 2.11. The summed E-state index contributed by atoms with van der Waals surface area (Å²) >= 11 is 0. The summed E-state index contributed by atoms with van der Waals surface area (Å²) in [7, 11) is 0. The number of aryl methyl sites for hydroxylation is 1. The Bertz CT molecular complexity index is 909. The van der Waals surface area contributed by atoms with E-state index in [-0.39, 0.29) is 17.9 Å². The monoisotopic (exact) mass is 406 g/mol. The van der Waals surface area contributed by atoms with E-state index in [2.05, 4.69) is 17.0 Å². The number of piperidine rings is 2. The molecule has 1 atom stereocenters. The van der Waals surface area contributed by atoms with Crippen LogP contribution in [0.2, 0.25) is 0 Å². The Morgan fingerprint density at radius 3 is 2.57 bits per heavy atom. The van der Waals surface area contributed by atoms with Crippen molar-refractivity contribution in [1.82, 2.24) is 14.9 Å². The number of aromatic nitrogens is 2. The van der Waals surface area contributed by atoms with Crippen LogP contribution >= 0.6 is 0 Å². The summed E-state index contributed by atoms with van der Waals surface area (Å²) in [6, 6.07) is 10.2. The number of anilines is 1. The van der Waals surface area contributed by atoms with Gasteiger partial charge in [0.15, 0.2) is 5.82 Å². The first-order valence-corrected chi connectivity index (χ1v) is 11.4. The number of amides is 1. The van der Waals surface area contributed by atoms with Crippen LogP contribution in [-0.4, -0.2) is 58.2 Å². The number of nitrogens with zero attached hydrogens (tertiary/aromatic N) is 4. The van der Waals surface area contributed by atoms with Crippen LogP contribution < -0.4 is 4.90 Å². The van der Waals surface area contributed by atoms with Crippen molar-refractivity contribution in [1.29, 1.82) is 0 Å². The van der Waals surface area contributed by atoms with E-state index in [4.69, 9.17) is 9.97 Å². The van der Waals surface area contributed by atoms with Crippen LogP contribution in [0.4, 0.5) is 5.82 Å². The van der Waals surface area contributed by atoms with Crippen LogP contribution in [0.15, 0.2) is 30.3 Å². The first kappa shape index (κ1) is 19.5. The predicted octanol–water partition coefficient (Wildman–Crippen LogP) is 2.83. The van der Waals surface area contributed by atoms with Crippen LogP contribution in [0.25, 0.3) is 11.4 Å². The number of carbonyl (C=O) groups is 1. The number of likely N-dealkylation sites (tertiary alicyclic amines) is 1. The fourth-order valence-electron chi connectivity index (χ4n) is 5.11. The highest BCUT2D eigenvalue weighted by atomic mass is 16.3. The molecule has 2 aromatic rings. The van der Waals surface area contributed by atoms with Gasteiger partial charge < -0.3 is 14.9 Å². The highest BCUT2D eigenvalue weighted by molar-refractivity contribution is 5.80. The molecule has 1 aromatic carbocycles. The Balaban J connectivity index is 1.40. The number of carbonyl (C=O) groups excluding carboxylic acids is 1. The van der Waals surface area contributed by atoms with E-state index in [1.165, 1.54) is 11.3 Å². The molecule has 0 radical (unpaired) electrons. The topological polar surface area (TPSA) is 69.6 Å². The standard InChI is InChI=1S/C24H30N4O2/c29-19-11-14-27(15-12-19)24(30)18-8-5-13-28(16-18)23-20-9-4-10-21(20)25-22(26-23)17-6-2-1-3-7-17/h1-3,6-7,18-19,29H,4-5,8-16H2. The third-order valence-electron chi connectivity index (χ3n) is 6.79. The number of aliphatic hydroxyl groups is 1. The third kappa shape index (κ3) is 3.81. The molecule has 3 heterocycles. The van der Waals surface area contributed by atoms with Gasteiger partial charge in [0.05, 0.1) is 12.0 Å². The van der Waals surface area contributed by atoms with Gasteiger partial charge in [-0.25, -0.2) is 9.97 Å². The maximum absolute atomic E-state index is 13.1. The van der Waals surface area contributed by atoms with Crippen molar-refractivity contribution in [2.45, 2.75) is 51.0 Å². The molecule has 6 heteroatoms. The number of hydrogen-bond acceptors (Lipinski definition) is 5. The van der Waals surface area contributed by atoms with Crippen molar-refractivity contribution in [2.75, 3.05) is 31.1 Å². The molecule has 2 fully saturated rings. The van der Waals surface area contributed by atoms with Crippen LogP contribution in [0, 0.1) is 5.92 Å². The number of benzene rings is 1. The lowest BCUT2D eigenvalue weighted by Gasteiger charge is -2.38. The molecule has 2 saturated heterocycles. The molecular formula is C24H30N4O2. The Morgan fingerprint density at radius 2 is 1.77 bits per heavy atom. The molecular weight excluding hydrogens is 376 g/mol. The van der Waals surface area contributed by atoms with Gasteiger partial charge in [-0.1, -0.05) is 30.3 Å². The van der Waals surface area contributed by atoms with Gasteiger partial charge in [0.25, 0.3) is 0 Å². The zero-order chi connectivity index (χ0) is 20.5. The SMILES string of the molecule is O=C(C1CCCN(c2nc(-c3ccccc3)nc3c2CCC3)C1)N1CCC(O)CC1. The molecule has 3 aliphatic rings. The van der Waals surface area contributed by atoms with Crippen LogP contribution in [-0.2, 0) is 17.6 Å². The molecule has 158 valence electrons. The highest BCUT2D eigenvalue weighted by Gasteiger charge is 2.33. The molecule has 1 unspecified atom stereocenters. The minimum atomic E-state index is -0.253. The van der Waals surface area contributed by atoms with Crippen molar-refractivity contribution in [3.63, 3.8) is 0 Å². The van der Waals surface area contributed by atoms with Crippen molar-refractivity contribution < 1.29 is 9.90 Å². The molecule has 0 spiro atoms. The number of aliphatic hydroxyl groups excluding tert-OH is 1. The van der Waals surface area contributed by atoms with Gasteiger partial charge in [0.2, 0.25) is 5.91 Å². The normalized spacial score (nSPS) is 22.2. The van der Waals surface area contributed by atoms with Gasteiger partial charge in [-0.05, 0) is 44.9 Å². The lowest BCUT2D eigenvalue weighted by Crippen LogP contribution is -2.48. The zero-order valence-electron chi connectivity index (χ0n) is 17.5. The van der Waals surface area contributed by atoms with Crippen LogP contribution in [0.1, 0.15) is 43.4 Å². The van der Waals surface area contributed by atoms with Gasteiger partial charge in [-0.15, -0.1) is 0 Å². The van der Waals surface area contributed by atoms with Gasteiger partial charge in [-0.2, -0.15) is 0 Å². The second kappa shape index (κ2) is 8.34. The molecule has 1 amide bonds. The lowest BCUT2D eigenvalue weighted by atomic mass is 9.95. The van der Waals surface area contributed by atoms with E-state index in [9.17, 15) is 9.90 Å².